The predicted molar refractivity (Wildman–Crippen MR) is 119 cm³/mol. The van der Waals surface area contributed by atoms with Crippen LogP contribution in [0.25, 0.3) is 0 Å². The van der Waals surface area contributed by atoms with Gasteiger partial charge in [0.15, 0.2) is 5.60 Å². The van der Waals surface area contributed by atoms with Crippen molar-refractivity contribution in [2.75, 3.05) is 19.8 Å². The van der Waals surface area contributed by atoms with Crippen LogP contribution in [0, 0.1) is 0 Å². The third-order valence-electron chi connectivity index (χ3n) is 6.51. The quantitative estimate of drug-likeness (QED) is 0.126. The van der Waals surface area contributed by atoms with E-state index in [1.54, 1.807) is 0 Å². The molecule has 0 radical (unpaired) electrons. The second-order valence-corrected chi connectivity index (χ2v) is 9.09. The molecule has 0 aromatic heterocycles. The molecule has 2 saturated heterocycles. The van der Waals surface area contributed by atoms with Crippen LogP contribution in [0.2, 0.25) is 0 Å². The Morgan fingerprint density at radius 3 is 1.94 bits per heavy atom. The van der Waals surface area contributed by atoms with E-state index in [1.165, 1.54) is 32.1 Å². The number of aliphatic carboxylic acids is 1. The summed E-state index contributed by atoms with van der Waals surface area (Å²) in [5.41, 5.74) is -2.54. The molecule has 0 unspecified atom stereocenters. The molecule has 0 spiro atoms. The highest BCUT2D eigenvalue weighted by Crippen LogP contribution is 2.43. The number of hydrogen-bond acceptors (Lipinski definition) is 12. The Bertz CT molecular complexity index is 620. The smallest absolute Gasteiger partial charge is 0.303 e. The molecule has 10 N–H and O–H groups in total. The Morgan fingerprint density at radius 2 is 1.43 bits per heavy atom. The zero-order valence-corrected chi connectivity index (χ0v) is 20.0. The summed E-state index contributed by atoms with van der Waals surface area (Å²) in [6, 6.07) is 0. The SMILES string of the molecule is CCCCCCCCCC(=O)O.OC[C@H]1O[C@@](O)([C@]2(CO)OC[C@@H](O)[C@@H](O)[C@@H]2O)[C@H](O)[C@@H](O)[C@@H]1O. The summed E-state index contributed by atoms with van der Waals surface area (Å²) in [6.07, 6.45) is -4.45. The number of ether oxygens (including phenoxy) is 2. The number of hydrogen-bond donors (Lipinski definition) is 10. The van der Waals surface area contributed by atoms with Crippen LogP contribution in [-0.4, -0.2) is 131 Å². The Hall–Kier alpha value is -0.970. The third-order valence-corrected chi connectivity index (χ3v) is 6.51. The Balaban J connectivity index is 0.000000434. The highest BCUT2D eigenvalue weighted by Gasteiger charge is 2.69. The van der Waals surface area contributed by atoms with Gasteiger partial charge in [-0.1, -0.05) is 45.4 Å². The third kappa shape index (κ3) is 7.52. The zero-order valence-electron chi connectivity index (χ0n) is 20.0. The number of aliphatic hydroxyl groups excluding tert-OH is 8. The second-order valence-electron chi connectivity index (χ2n) is 9.09. The van der Waals surface area contributed by atoms with Gasteiger partial charge in [0.1, 0.15) is 42.7 Å². The van der Waals surface area contributed by atoms with Gasteiger partial charge < -0.3 is 60.5 Å². The summed E-state index contributed by atoms with van der Waals surface area (Å²) in [7, 11) is 0. The van der Waals surface area contributed by atoms with Crippen molar-refractivity contribution < 1.29 is 65.3 Å². The van der Waals surface area contributed by atoms with Gasteiger partial charge in [0.05, 0.1) is 19.8 Å². The lowest BCUT2D eigenvalue weighted by atomic mass is 9.75. The Labute approximate surface area is 204 Å². The number of carboxylic acid groups (broad SMARTS) is 1. The maximum Gasteiger partial charge on any atom is 0.303 e. The molecular weight excluding hydrogens is 472 g/mol. The van der Waals surface area contributed by atoms with E-state index < -0.39 is 79.9 Å². The minimum atomic E-state index is -2.99. The summed E-state index contributed by atoms with van der Waals surface area (Å²) >= 11 is 0. The molecule has 2 rings (SSSR count). The van der Waals surface area contributed by atoms with Gasteiger partial charge in [0, 0.05) is 6.42 Å². The highest BCUT2D eigenvalue weighted by atomic mass is 16.7. The van der Waals surface area contributed by atoms with E-state index in [4.69, 9.17) is 19.7 Å². The maximum absolute atomic E-state index is 10.7. The standard InChI is InChI=1S/C12H22O11.C10H20O2/c13-1-5-7(17)8(18)10(20)12(21,23-5)11(3-14)9(19)6(16)4(15)2-22-11;1-2-3-4-5-6-7-8-9-10(11)12/h4-10,13-21H,1-3H2;2-9H2,1H3,(H,11,12)/t4-,5-,6-,7-,8+,9+,10-,11-,12-;/m1./s1. The number of carboxylic acids is 1. The van der Waals surface area contributed by atoms with Crippen molar-refractivity contribution in [2.24, 2.45) is 0 Å². The van der Waals surface area contributed by atoms with Gasteiger partial charge in [0.25, 0.3) is 0 Å². The Kier molecular flexibility index (Phi) is 13.5. The maximum atomic E-state index is 10.7. The van der Waals surface area contributed by atoms with Crippen LogP contribution in [0.1, 0.15) is 58.3 Å². The summed E-state index contributed by atoms with van der Waals surface area (Å²) in [5.74, 6) is -3.66. The first-order valence-electron chi connectivity index (χ1n) is 12.0. The Morgan fingerprint density at radius 1 is 0.857 bits per heavy atom. The van der Waals surface area contributed by atoms with Gasteiger partial charge in [0.2, 0.25) is 5.79 Å². The summed E-state index contributed by atoms with van der Waals surface area (Å²) < 4.78 is 10.1. The van der Waals surface area contributed by atoms with E-state index in [-0.39, 0.29) is 0 Å². The lowest BCUT2D eigenvalue weighted by molar-refractivity contribution is -0.435. The molecule has 0 bridgehead atoms. The van der Waals surface area contributed by atoms with Crippen LogP contribution in [0.4, 0.5) is 0 Å². The molecule has 2 aliphatic rings. The number of rotatable bonds is 11. The summed E-state index contributed by atoms with van der Waals surface area (Å²) in [5, 5.41) is 96.9. The minimum Gasteiger partial charge on any atom is -0.481 e. The molecule has 35 heavy (non-hydrogen) atoms. The average molecular weight is 515 g/mol. The van der Waals surface area contributed by atoms with Crippen LogP contribution in [-0.2, 0) is 14.3 Å². The predicted octanol–water partition coefficient (Wildman–Crippen LogP) is -2.80. The van der Waals surface area contributed by atoms with Crippen molar-refractivity contribution >= 4 is 5.97 Å². The monoisotopic (exact) mass is 514 g/mol. The second kappa shape index (κ2) is 14.7. The molecule has 0 aliphatic carbocycles. The van der Waals surface area contributed by atoms with Gasteiger partial charge in [-0.05, 0) is 6.42 Å². The largest absolute Gasteiger partial charge is 0.481 e. The average Bonchev–Trinajstić information content (AvgIpc) is 2.83. The van der Waals surface area contributed by atoms with E-state index in [1.807, 2.05) is 0 Å². The topological polar surface area (TPSA) is 238 Å². The fourth-order valence-electron chi connectivity index (χ4n) is 4.21. The number of carbonyl (C=O) groups is 1. The minimum absolute atomic E-state index is 0.341. The molecule has 2 aliphatic heterocycles. The molecule has 208 valence electrons. The van der Waals surface area contributed by atoms with Crippen LogP contribution < -0.4 is 0 Å². The van der Waals surface area contributed by atoms with E-state index in [2.05, 4.69) is 6.92 Å². The van der Waals surface area contributed by atoms with Crippen molar-refractivity contribution in [3.05, 3.63) is 0 Å². The van der Waals surface area contributed by atoms with Gasteiger partial charge >= 0.3 is 5.97 Å². The van der Waals surface area contributed by atoms with E-state index in [0.29, 0.717) is 6.42 Å². The molecule has 0 saturated carbocycles. The highest BCUT2D eigenvalue weighted by molar-refractivity contribution is 5.66. The normalized spacial score (nSPS) is 39.5. The van der Waals surface area contributed by atoms with Crippen LogP contribution in [0.3, 0.4) is 0 Å². The molecular formula is C22H42O13. The van der Waals surface area contributed by atoms with Gasteiger partial charge in [-0.15, -0.1) is 0 Å². The lowest BCUT2D eigenvalue weighted by Crippen LogP contribution is -2.81. The first kappa shape index (κ1) is 32.1. The first-order valence-corrected chi connectivity index (χ1v) is 12.0. The fourth-order valence-corrected chi connectivity index (χ4v) is 4.21. The molecule has 0 amide bonds. The fraction of sp³-hybridized carbons (Fsp3) is 0.955. The van der Waals surface area contributed by atoms with Crippen molar-refractivity contribution in [3.8, 4) is 0 Å². The number of aliphatic hydroxyl groups is 9. The summed E-state index contributed by atoms with van der Waals surface area (Å²) in [4.78, 5) is 10.1. The molecule has 13 heteroatoms. The number of unbranched alkanes of at least 4 members (excludes halogenated alkanes) is 6. The molecule has 2 fully saturated rings. The van der Waals surface area contributed by atoms with E-state index in [9.17, 15) is 45.6 Å². The summed E-state index contributed by atoms with van der Waals surface area (Å²) in [6.45, 7) is -0.466. The van der Waals surface area contributed by atoms with Crippen LogP contribution in [0.15, 0.2) is 0 Å². The molecule has 0 aromatic carbocycles. The van der Waals surface area contributed by atoms with Crippen molar-refractivity contribution in [2.45, 2.75) is 112 Å². The van der Waals surface area contributed by atoms with Gasteiger partial charge in [-0.25, -0.2) is 0 Å². The van der Waals surface area contributed by atoms with Crippen molar-refractivity contribution in [1.29, 1.82) is 0 Å². The lowest BCUT2D eigenvalue weighted by Gasteiger charge is -2.57. The van der Waals surface area contributed by atoms with Crippen LogP contribution in [0.5, 0.6) is 0 Å². The van der Waals surface area contributed by atoms with E-state index in [0.717, 1.165) is 12.8 Å². The molecule has 2 heterocycles. The van der Waals surface area contributed by atoms with Crippen molar-refractivity contribution in [1.82, 2.24) is 0 Å². The molecule has 13 nitrogen and oxygen atoms in total. The van der Waals surface area contributed by atoms with Crippen molar-refractivity contribution in [3.63, 3.8) is 0 Å². The van der Waals surface area contributed by atoms with E-state index >= 15 is 0 Å². The first-order chi connectivity index (χ1) is 16.4. The van der Waals surface area contributed by atoms with Crippen LogP contribution >= 0.6 is 0 Å². The van der Waals surface area contributed by atoms with Gasteiger partial charge in [-0.3, -0.25) is 4.79 Å². The molecule has 9 atom stereocenters. The van der Waals surface area contributed by atoms with Gasteiger partial charge in [-0.2, -0.15) is 0 Å². The zero-order chi connectivity index (χ0) is 26.8. The molecule has 0 aromatic rings.